The smallest absolute Gasteiger partial charge is 0.269 e. The third-order valence-corrected chi connectivity index (χ3v) is 5.22. The summed E-state index contributed by atoms with van der Waals surface area (Å²) in [5.74, 6) is 0.252. The predicted molar refractivity (Wildman–Crippen MR) is 78.7 cm³/mol. The van der Waals surface area contributed by atoms with Crippen LogP contribution in [0, 0.1) is 11.7 Å². The standard InChI is InChI=1S/C17H16FN3O/c18-11-3-1-10(2-4-11)17(5-6-17)19-16(22)15-13-8-9-7-12(9)14(13)20-21-15/h1-4,8,12,14,20-21H,5-7H2,(H,19,22). The van der Waals surface area contributed by atoms with Crippen LogP contribution in [0.5, 0.6) is 0 Å². The van der Waals surface area contributed by atoms with Gasteiger partial charge in [-0.1, -0.05) is 23.8 Å². The fraction of sp³-hybridized carbons (Fsp3) is 0.353. The second kappa shape index (κ2) is 3.98. The number of halogens is 1. The van der Waals surface area contributed by atoms with Crippen LogP contribution in [-0.2, 0) is 10.3 Å². The lowest BCUT2D eigenvalue weighted by Crippen LogP contribution is -2.41. The van der Waals surface area contributed by atoms with Crippen LogP contribution in [0.2, 0.25) is 0 Å². The van der Waals surface area contributed by atoms with Gasteiger partial charge < -0.3 is 10.7 Å². The summed E-state index contributed by atoms with van der Waals surface area (Å²) in [7, 11) is 0. The van der Waals surface area contributed by atoms with Gasteiger partial charge in [-0.05, 0) is 37.0 Å². The number of hydrogen-bond acceptors (Lipinski definition) is 3. The van der Waals surface area contributed by atoms with E-state index < -0.39 is 0 Å². The summed E-state index contributed by atoms with van der Waals surface area (Å²) in [6.07, 6.45) is 5.09. The molecule has 2 unspecified atom stereocenters. The molecule has 0 saturated heterocycles. The molecule has 22 heavy (non-hydrogen) atoms. The molecule has 4 aliphatic rings. The molecule has 2 fully saturated rings. The Hall–Kier alpha value is -2.14. The van der Waals surface area contributed by atoms with E-state index in [1.165, 1.54) is 17.7 Å². The van der Waals surface area contributed by atoms with Gasteiger partial charge in [0.2, 0.25) is 0 Å². The third-order valence-electron chi connectivity index (χ3n) is 5.22. The number of hydrogen-bond donors (Lipinski definition) is 3. The van der Waals surface area contributed by atoms with Gasteiger partial charge in [0.25, 0.3) is 5.91 Å². The SMILES string of the molecule is O=C(NC1(c2ccc(F)cc2)CC1)C1=C2C=C3CC3C2NN1. The molecule has 112 valence electrons. The molecule has 1 amide bonds. The number of amides is 1. The number of benzene rings is 1. The van der Waals surface area contributed by atoms with Crippen LogP contribution in [0.25, 0.3) is 0 Å². The minimum Gasteiger partial charge on any atom is -0.341 e. The summed E-state index contributed by atoms with van der Waals surface area (Å²) in [6.45, 7) is 0. The Balaban J connectivity index is 1.40. The zero-order valence-electron chi connectivity index (χ0n) is 11.9. The van der Waals surface area contributed by atoms with E-state index >= 15 is 0 Å². The monoisotopic (exact) mass is 297 g/mol. The number of nitrogens with one attached hydrogen (secondary N) is 3. The average Bonchev–Trinajstić information content (AvgIpc) is 3.37. The molecule has 3 N–H and O–H groups in total. The molecule has 0 aromatic heterocycles. The number of rotatable bonds is 3. The van der Waals surface area contributed by atoms with Crippen LogP contribution in [0.15, 0.2) is 47.2 Å². The van der Waals surface area contributed by atoms with Crippen molar-refractivity contribution in [3.8, 4) is 0 Å². The molecule has 2 atom stereocenters. The lowest BCUT2D eigenvalue weighted by atomic mass is 10.0. The lowest BCUT2D eigenvalue weighted by Gasteiger charge is -2.18. The topological polar surface area (TPSA) is 53.2 Å². The molecule has 3 aliphatic carbocycles. The molecule has 0 bridgehead atoms. The van der Waals surface area contributed by atoms with Gasteiger partial charge in [-0.2, -0.15) is 0 Å². The van der Waals surface area contributed by atoms with Crippen molar-refractivity contribution in [3.05, 3.63) is 58.6 Å². The van der Waals surface area contributed by atoms with Crippen molar-refractivity contribution in [1.82, 2.24) is 16.2 Å². The van der Waals surface area contributed by atoms with E-state index in [9.17, 15) is 9.18 Å². The fourth-order valence-electron chi connectivity index (χ4n) is 3.67. The average molecular weight is 297 g/mol. The Morgan fingerprint density at radius 3 is 2.77 bits per heavy atom. The van der Waals surface area contributed by atoms with Gasteiger partial charge in [0, 0.05) is 11.5 Å². The molecule has 0 spiro atoms. The second-order valence-corrected chi connectivity index (χ2v) is 6.65. The summed E-state index contributed by atoms with van der Waals surface area (Å²) in [6, 6.07) is 6.68. The first-order valence-corrected chi connectivity index (χ1v) is 7.71. The zero-order valence-corrected chi connectivity index (χ0v) is 11.9. The highest BCUT2D eigenvalue weighted by molar-refractivity contribution is 5.96. The van der Waals surface area contributed by atoms with Crippen LogP contribution < -0.4 is 16.2 Å². The van der Waals surface area contributed by atoms with Crippen LogP contribution in [0.4, 0.5) is 4.39 Å². The maximum absolute atomic E-state index is 13.1. The van der Waals surface area contributed by atoms with E-state index in [1.54, 1.807) is 12.1 Å². The first-order chi connectivity index (χ1) is 10.7. The number of hydrazine groups is 1. The van der Waals surface area contributed by atoms with E-state index in [2.05, 4.69) is 22.2 Å². The first kappa shape index (κ1) is 12.4. The molecule has 1 aromatic carbocycles. The van der Waals surface area contributed by atoms with Crippen molar-refractivity contribution >= 4 is 5.91 Å². The normalized spacial score (nSPS) is 29.4. The van der Waals surface area contributed by atoms with Crippen LogP contribution in [0.1, 0.15) is 24.8 Å². The van der Waals surface area contributed by atoms with Crippen molar-refractivity contribution in [1.29, 1.82) is 0 Å². The minimum absolute atomic E-state index is 0.0787. The molecule has 1 aromatic rings. The summed E-state index contributed by atoms with van der Waals surface area (Å²) < 4.78 is 13.1. The Morgan fingerprint density at radius 2 is 2.05 bits per heavy atom. The second-order valence-electron chi connectivity index (χ2n) is 6.65. The van der Waals surface area contributed by atoms with E-state index in [0.29, 0.717) is 11.6 Å². The van der Waals surface area contributed by atoms with Gasteiger partial charge in [-0.15, -0.1) is 0 Å². The van der Waals surface area contributed by atoms with E-state index in [1.807, 2.05) is 0 Å². The molecular formula is C17H16FN3O. The fourth-order valence-corrected chi connectivity index (χ4v) is 3.67. The molecule has 4 nitrogen and oxygen atoms in total. The van der Waals surface area contributed by atoms with Crippen molar-refractivity contribution in [2.45, 2.75) is 30.8 Å². The van der Waals surface area contributed by atoms with Crippen LogP contribution in [0.3, 0.4) is 0 Å². The van der Waals surface area contributed by atoms with Crippen molar-refractivity contribution in [2.24, 2.45) is 5.92 Å². The number of carbonyl (C=O) groups excluding carboxylic acids is 1. The third kappa shape index (κ3) is 1.69. The Bertz CT molecular complexity index is 746. The van der Waals surface area contributed by atoms with E-state index in [0.717, 1.165) is 30.4 Å². The van der Waals surface area contributed by atoms with Crippen LogP contribution >= 0.6 is 0 Å². The summed E-state index contributed by atoms with van der Waals surface area (Å²) in [5.41, 5.74) is 10.1. The first-order valence-electron chi connectivity index (χ1n) is 7.71. The largest absolute Gasteiger partial charge is 0.341 e. The molecule has 1 aliphatic heterocycles. The number of fused-ring (bicyclic) bond motifs is 3. The highest BCUT2D eigenvalue weighted by Gasteiger charge is 2.50. The molecule has 5 rings (SSSR count). The molecule has 2 saturated carbocycles. The van der Waals surface area contributed by atoms with Gasteiger partial charge in [-0.3, -0.25) is 4.79 Å². The predicted octanol–water partition coefficient (Wildman–Crippen LogP) is 1.62. The van der Waals surface area contributed by atoms with Gasteiger partial charge in [0.15, 0.2) is 0 Å². The van der Waals surface area contributed by atoms with E-state index in [4.69, 9.17) is 0 Å². The Morgan fingerprint density at radius 1 is 1.27 bits per heavy atom. The van der Waals surface area contributed by atoms with E-state index in [-0.39, 0.29) is 23.3 Å². The quantitative estimate of drug-likeness (QED) is 0.795. The van der Waals surface area contributed by atoms with Gasteiger partial charge in [0.05, 0.1) is 11.6 Å². The van der Waals surface area contributed by atoms with Crippen molar-refractivity contribution < 1.29 is 9.18 Å². The van der Waals surface area contributed by atoms with Crippen molar-refractivity contribution in [2.75, 3.05) is 0 Å². The Labute approximate surface area is 127 Å². The molecular weight excluding hydrogens is 281 g/mol. The maximum Gasteiger partial charge on any atom is 0.269 e. The van der Waals surface area contributed by atoms with Gasteiger partial charge in [-0.25, -0.2) is 9.82 Å². The van der Waals surface area contributed by atoms with Gasteiger partial charge >= 0.3 is 0 Å². The van der Waals surface area contributed by atoms with Crippen LogP contribution in [-0.4, -0.2) is 11.9 Å². The van der Waals surface area contributed by atoms with Crippen molar-refractivity contribution in [3.63, 3.8) is 0 Å². The molecule has 0 radical (unpaired) electrons. The number of carbonyl (C=O) groups is 1. The Kier molecular flexibility index (Phi) is 2.25. The maximum atomic E-state index is 13.1. The minimum atomic E-state index is -0.327. The zero-order chi connectivity index (χ0) is 14.9. The summed E-state index contributed by atoms with van der Waals surface area (Å²) in [4.78, 5) is 12.6. The molecule has 5 heteroatoms. The highest BCUT2D eigenvalue weighted by atomic mass is 19.1. The molecule has 1 heterocycles. The summed E-state index contributed by atoms with van der Waals surface area (Å²) >= 11 is 0. The van der Waals surface area contributed by atoms with Gasteiger partial charge in [0.1, 0.15) is 11.5 Å². The highest BCUT2D eigenvalue weighted by Crippen LogP contribution is 2.51. The lowest BCUT2D eigenvalue weighted by molar-refractivity contribution is -0.118. The summed E-state index contributed by atoms with van der Waals surface area (Å²) in [5, 5.41) is 3.14.